The van der Waals surface area contributed by atoms with Gasteiger partial charge in [-0.3, -0.25) is 0 Å². The minimum Gasteiger partial charge on any atom is -0.459 e. The summed E-state index contributed by atoms with van der Waals surface area (Å²) in [5.41, 5.74) is 1.32. The van der Waals surface area contributed by atoms with Gasteiger partial charge in [0, 0.05) is 12.7 Å². The molecule has 1 aromatic carbocycles. The molecule has 1 aromatic heterocycles. The van der Waals surface area contributed by atoms with Gasteiger partial charge >= 0.3 is 5.97 Å². The molecule has 0 radical (unpaired) electrons. The Labute approximate surface area is 154 Å². The van der Waals surface area contributed by atoms with Crippen molar-refractivity contribution in [3.8, 4) is 0 Å². The second-order valence-corrected chi connectivity index (χ2v) is 6.97. The van der Waals surface area contributed by atoms with Gasteiger partial charge in [0.2, 0.25) is 0 Å². The monoisotopic (exact) mass is 360 g/mol. The highest BCUT2D eigenvalue weighted by molar-refractivity contribution is 5.89. The molecule has 2 rings (SSSR count). The lowest BCUT2D eigenvalue weighted by Crippen LogP contribution is -2.24. The van der Waals surface area contributed by atoms with Crippen molar-refractivity contribution >= 4 is 5.97 Å². The van der Waals surface area contributed by atoms with Gasteiger partial charge in [-0.25, -0.2) is 9.48 Å². The summed E-state index contributed by atoms with van der Waals surface area (Å²) in [6.07, 6.45) is 2.11. The first kappa shape index (κ1) is 20.1. The third-order valence-electron chi connectivity index (χ3n) is 3.92. The van der Waals surface area contributed by atoms with Gasteiger partial charge in [-0.15, -0.1) is 5.10 Å². The van der Waals surface area contributed by atoms with Gasteiger partial charge in [0.1, 0.15) is 12.7 Å². The van der Waals surface area contributed by atoms with Crippen molar-refractivity contribution in [2.75, 3.05) is 20.2 Å². The quantitative estimate of drug-likeness (QED) is 0.653. The van der Waals surface area contributed by atoms with Crippen LogP contribution in [-0.2, 0) is 17.8 Å². The Kier molecular flexibility index (Phi) is 7.74. The maximum atomic E-state index is 11.9. The molecule has 1 heterocycles. The molecule has 0 saturated heterocycles. The first-order valence-corrected chi connectivity index (χ1v) is 8.92. The normalized spacial score (nSPS) is 12.5. The van der Waals surface area contributed by atoms with E-state index in [1.165, 1.54) is 0 Å². The van der Waals surface area contributed by atoms with E-state index in [0.29, 0.717) is 18.0 Å². The Hall–Kier alpha value is -2.25. The van der Waals surface area contributed by atoms with Crippen molar-refractivity contribution in [3.63, 3.8) is 0 Å². The van der Waals surface area contributed by atoms with Crippen LogP contribution >= 0.6 is 0 Å². The summed E-state index contributed by atoms with van der Waals surface area (Å²) in [6, 6.07) is 8.71. The molecule has 1 N–H and O–H groups in total. The number of aliphatic hydroxyl groups is 1. The van der Waals surface area contributed by atoms with Gasteiger partial charge in [0.05, 0.1) is 17.8 Å². The topological polar surface area (TPSA) is 80.5 Å². The highest BCUT2D eigenvalue weighted by Crippen LogP contribution is 2.05. The van der Waals surface area contributed by atoms with E-state index < -0.39 is 12.1 Å². The molecule has 0 fully saturated rings. The van der Waals surface area contributed by atoms with E-state index in [1.807, 2.05) is 12.3 Å². The Morgan fingerprint density at radius 2 is 2.04 bits per heavy atom. The molecule has 1 unspecified atom stereocenters. The van der Waals surface area contributed by atoms with Crippen molar-refractivity contribution in [1.82, 2.24) is 19.9 Å². The molecule has 2 aromatic rings. The molecule has 1 atom stereocenters. The molecule has 7 heteroatoms. The van der Waals surface area contributed by atoms with E-state index in [-0.39, 0.29) is 13.2 Å². The smallest absolute Gasteiger partial charge is 0.338 e. The highest BCUT2D eigenvalue weighted by Gasteiger charge is 2.13. The van der Waals surface area contributed by atoms with Crippen LogP contribution in [0.15, 0.2) is 36.5 Å². The molecule has 0 aliphatic rings. The summed E-state index contributed by atoms with van der Waals surface area (Å²) in [7, 11) is 2.05. The molecule has 0 saturated carbocycles. The summed E-state index contributed by atoms with van der Waals surface area (Å²) >= 11 is 0. The number of benzene rings is 1. The predicted molar refractivity (Wildman–Crippen MR) is 98.5 cm³/mol. The third-order valence-corrected chi connectivity index (χ3v) is 3.92. The van der Waals surface area contributed by atoms with Crippen LogP contribution in [0.2, 0.25) is 0 Å². The fourth-order valence-electron chi connectivity index (χ4n) is 2.43. The van der Waals surface area contributed by atoms with Gasteiger partial charge in [-0.2, -0.15) is 0 Å². The van der Waals surface area contributed by atoms with Gasteiger partial charge in [-0.1, -0.05) is 37.3 Å². The van der Waals surface area contributed by atoms with Crippen LogP contribution < -0.4 is 0 Å². The number of esters is 1. The zero-order valence-electron chi connectivity index (χ0n) is 15.7. The van der Waals surface area contributed by atoms with Crippen LogP contribution in [0.25, 0.3) is 0 Å². The van der Waals surface area contributed by atoms with Crippen LogP contribution in [0.5, 0.6) is 0 Å². The Balaban J connectivity index is 1.74. The zero-order valence-corrected chi connectivity index (χ0v) is 15.7. The number of hydrogen-bond acceptors (Lipinski definition) is 6. The number of carbonyl (C=O) groups is 1. The van der Waals surface area contributed by atoms with E-state index in [4.69, 9.17) is 4.74 Å². The summed E-state index contributed by atoms with van der Waals surface area (Å²) in [5, 5.41) is 18.2. The standard InChI is InChI=1S/C19H28N4O3/c1-15(2)9-10-22(3)11-17-12-23(21-20-17)13-18(24)14-26-19(25)16-7-5-4-6-8-16/h4-8,12,15,18,24H,9-11,13-14H2,1-3H3. The number of carbonyl (C=O) groups excluding carboxylic acids is 1. The fraction of sp³-hybridized carbons (Fsp3) is 0.526. The van der Waals surface area contributed by atoms with Crippen molar-refractivity contribution in [3.05, 3.63) is 47.8 Å². The SMILES string of the molecule is CC(C)CCN(C)Cc1cn(CC(O)COC(=O)c2ccccc2)nn1. The minimum atomic E-state index is -0.837. The van der Waals surface area contributed by atoms with E-state index >= 15 is 0 Å². The van der Waals surface area contributed by atoms with E-state index in [0.717, 1.165) is 18.7 Å². The Morgan fingerprint density at radius 1 is 1.31 bits per heavy atom. The lowest BCUT2D eigenvalue weighted by Gasteiger charge is -2.16. The molecular formula is C19H28N4O3. The summed E-state index contributed by atoms with van der Waals surface area (Å²) < 4.78 is 6.71. The van der Waals surface area contributed by atoms with Crippen LogP contribution in [0.4, 0.5) is 0 Å². The molecule has 0 bridgehead atoms. The maximum absolute atomic E-state index is 11.9. The predicted octanol–water partition coefficient (Wildman–Crippen LogP) is 1.97. The lowest BCUT2D eigenvalue weighted by molar-refractivity contribution is 0.0207. The summed E-state index contributed by atoms with van der Waals surface area (Å²) in [6.45, 7) is 6.27. The molecule has 26 heavy (non-hydrogen) atoms. The maximum Gasteiger partial charge on any atom is 0.338 e. The van der Waals surface area contributed by atoms with E-state index in [2.05, 4.69) is 36.1 Å². The minimum absolute atomic E-state index is 0.0861. The van der Waals surface area contributed by atoms with Crippen LogP contribution in [-0.4, -0.2) is 57.3 Å². The molecule has 0 aliphatic heterocycles. The van der Waals surface area contributed by atoms with Crippen LogP contribution in [0.1, 0.15) is 36.3 Å². The van der Waals surface area contributed by atoms with Crippen LogP contribution in [0, 0.1) is 5.92 Å². The van der Waals surface area contributed by atoms with E-state index in [1.54, 1.807) is 28.9 Å². The molecule has 0 amide bonds. The fourth-order valence-corrected chi connectivity index (χ4v) is 2.43. The van der Waals surface area contributed by atoms with Gasteiger partial charge in [-0.05, 0) is 38.1 Å². The molecule has 0 spiro atoms. The molecule has 142 valence electrons. The lowest BCUT2D eigenvalue weighted by atomic mass is 10.1. The summed E-state index contributed by atoms with van der Waals surface area (Å²) in [5.74, 6) is 0.220. The largest absolute Gasteiger partial charge is 0.459 e. The van der Waals surface area contributed by atoms with Gasteiger partial charge in [0.25, 0.3) is 0 Å². The second-order valence-electron chi connectivity index (χ2n) is 6.97. The Morgan fingerprint density at radius 3 is 2.73 bits per heavy atom. The number of aromatic nitrogens is 3. The van der Waals surface area contributed by atoms with Gasteiger partial charge in [0.15, 0.2) is 0 Å². The average Bonchev–Trinajstić information content (AvgIpc) is 3.05. The van der Waals surface area contributed by atoms with Crippen molar-refractivity contribution in [2.45, 2.75) is 39.5 Å². The number of nitrogens with zero attached hydrogens (tertiary/aromatic N) is 4. The van der Waals surface area contributed by atoms with Gasteiger partial charge < -0.3 is 14.7 Å². The third kappa shape index (κ3) is 6.93. The first-order chi connectivity index (χ1) is 12.4. The van der Waals surface area contributed by atoms with Crippen molar-refractivity contribution < 1.29 is 14.6 Å². The zero-order chi connectivity index (χ0) is 18.9. The van der Waals surface area contributed by atoms with Crippen LogP contribution in [0.3, 0.4) is 0 Å². The number of ether oxygens (including phenoxy) is 1. The highest BCUT2D eigenvalue weighted by atomic mass is 16.5. The molecule has 7 nitrogen and oxygen atoms in total. The Bertz CT molecular complexity index is 672. The van der Waals surface area contributed by atoms with E-state index in [9.17, 15) is 9.90 Å². The number of aliphatic hydroxyl groups excluding tert-OH is 1. The number of hydrogen-bond donors (Lipinski definition) is 1. The van der Waals surface area contributed by atoms with Crippen molar-refractivity contribution in [1.29, 1.82) is 0 Å². The second kappa shape index (κ2) is 10.0. The average molecular weight is 360 g/mol. The summed E-state index contributed by atoms with van der Waals surface area (Å²) in [4.78, 5) is 14.1. The molecular weight excluding hydrogens is 332 g/mol. The molecule has 0 aliphatic carbocycles. The van der Waals surface area contributed by atoms with Crippen molar-refractivity contribution in [2.24, 2.45) is 5.92 Å². The first-order valence-electron chi connectivity index (χ1n) is 8.92. The number of rotatable bonds is 10.